The Kier molecular flexibility index (Phi) is 3.12. The van der Waals surface area contributed by atoms with Gasteiger partial charge in [-0.1, -0.05) is 6.42 Å². The van der Waals surface area contributed by atoms with Gasteiger partial charge in [-0.05, 0) is 50.4 Å². The molecule has 0 aromatic rings. The zero-order valence-corrected chi connectivity index (χ0v) is 10.6. The lowest BCUT2D eigenvalue weighted by Crippen LogP contribution is -2.49. The van der Waals surface area contributed by atoms with Crippen molar-refractivity contribution in [2.45, 2.75) is 51.0 Å². The summed E-state index contributed by atoms with van der Waals surface area (Å²) in [5, 5.41) is 0. The molecule has 2 N–H and O–H groups in total. The van der Waals surface area contributed by atoms with E-state index in [1.165, 1.54) is 38.5 Å². The van der Waals surface area contributed by atoms with E-state index in [-0.39, 0.29) is 0 Å². The van der Waals surface area contributed by atoms with E-state index in [9.17, 15) is 4.79 Å². The third kappa shape index (κ3) is 1.99. The summed E-state index contributed by atoms with van der Waals surface area (Å²) in [5.41, 5.74) is 5.66. The van der Waals surface area contributed by atoms with Crippen LogP contribution in [0.3, 0.4) is 0 Å². The maximum absolute atomic E-state index is 12.6. The van der Waals surface area contributed by atoms with Crippen LogP contribution in [0.1, 0.15) is 44.9 Å². The van der Waals surface area contributed by atoms with Crippen molar-refractivity contribution in [1.29, 1.82) is 0 Å². The molecule has 3 nitrogen and oxygen atoms in total. The molecule has 3 unspecified atom stereocenters. The molecular weight excluding hydrogens is 212 g/mol. The second kappa shape index (κ2) is 4.60. The first-order valence-corrected chi connectivity index (χ1v) is 7.30. The molecule has 0 aliphatic heterocycles. The van der Waals surface area contributed by atoms with Gasteiger partial charge in [0.1, 0.15) is 0 Å². The minimum Gasteiger partial charge on any atom is -0.338 e. The number of fused-ring (bicyclic) bond motifs is 2. The van der Waals surface area contributed by atoms with Gasteiger partial charge in [0.2, 0.25) is 5.91 Å². The standard InChI is InChI=1S/C14H24N2O/c15-6-7-16(12-2-1-3-12)14(17)13-9-10-4-5-11(13)8-10/h10-13H,1-9,15H2. The number of hydrogen-bond donors (Lipinski definition) is 1. The fourth-order valence-electron chi connectivity index (χ4n) is 4.07. The van der Waals surface area contributed by atoms with Crippen LogP contribution in [0.15, 0.2) is 0 Å². The van der Waals surface area contributed by atoms with E-state index in [0.717, 1.165) is 18.9 Å². The van der Waals surface area contributed by atoms with E-state index < -0.39 is 0 Å². The number of amides is 1. The maximum atomic E-state index is 12.6. The molecule has 0 aromatic heterocycles. The minimum absolute atomic E-state index is 0.348. The summed E-state index contributed by atoms with van der Waals surface area (Å²) in [4.78, 5) is 14.7. The van der Waals surface area contributed by atoms with Gasteiger partial charge in [-0.15, -0.1) is 0 Å². The first-order valence-electron chi connectivity index (χ1n) is 7.30. The normalized spacial score (nSPS) is 35.9. The van der Waals surface area contributed by atoms with Crippen LogP contribution < -0.4 is 5.73 Å². The molecule has 3 rings (SSSR count). The predicted octanol–water partition coefficient (Wildman–Crippen LogP) is 1.76. The summed E-state index contributed by atoms with van der Waals surface area (Å²) in [6.07, 6.45) is 8.83. The zero-order chi connectivity index (χ0) is 11.8. The Morgan fingerprint density at radius 1 is 1.18 bits per heavy atom. The quantitative estimate of drug-likeness (QED) is 0.808. The highest BCUT2D eigenvalue weighted by molar-refractivity contribution is 5.80. The van der Waals surface area contributed by atoms with Gasteiger partial charge in [-0.2, -0.15) is 0 Å². The largest absolute Gasteiger partial charge is 0.338 e. The highest BCUT2D eigenvalue weighted by Gasteiger charge is 2.45. The maximum Gasteiger partial charge on any atom is 0.226 e. The second-order valence-electron chi connectivity index (χ2n) is 6.19. The Balaban J connectivity index is 1.66. The Labute approximate surface area is 104 Å². The number of nitrogens with zero attached hydrogens (tertiary/aromatic N) is 1. The fourth-order valence-corrected chi connectivity index (χ4v) is 4.07. The second-order valence-corrected chi connectivity index (χ2v) is 6.19. The first-order chi connectivity index (χ1) is 8.29. The van der Waals surface area contributed by atoms with E-state index in [1.54, 1.807) is 0 Å². The Bertz CT molecular complexity index is 301. The summed E-state index contributed by atoms with van der Waals surface area (Å²) in [5.74, 6) is 2.34. The Morgan fingerprint density at radius 2 is 2.00 bits per heavy atom. The molecule has 1 amide bonds. The molecule has 3 saturated carbocycles. The van der Waals surface area contributed by atoms with Gasteiger partial charge in [0.25, 0.3) is 0 Å². The molecule has 96 valence electrons. The molecule has 3 heteroatoms. The topological polar surface area (TPSA) is 46.3 Å². The summed E-state index contributed by atoms with van der Waals surface area (Å²) in [7, 11) is 0. The highest BCUT2D eigenvalue weighted by Crippen LogP contribution is 2.49. The molecule has 3 atom stereocenters. The van der Waals surface area contributed by atoms with E-state index in [2.05, 4.69) is 4.90 Å². The Hall–Kier alpha value is -0.570. The van der Waals surface area contributed by atoms with Crippen LogP contribution in [-0.2, 0) is 4.79 Å². The lowest BCUT2D eigenvalue weighted by molar-refractivity contribution is -0.141. The summed E-state index contributed by atoms with van der Waals surface area (Å²) in [6.45, 7) is 1.39. The van der Waals surface area contributed by atoms with Crippen LogP contribution in [0.2, 0.25) is 0 Å². The number of rotatable bonds is 4. The van der Waals surface area contributed by atoms with Crippen LogP contribution >= 0.6 is 0 Å². The van der Waals surface area contributed by atoms with Gasteiger partial charge in [0.15, 0.2) is 0 Å². The average Bonchev–Trinajstić information content (AvgIpc) is 2.86. The lowest BCUT2D eigenvalue weighted by Gasteiger charge is -2.40. The number of hydrogen-bond acceptors (Lipinski definition) is 2. The van der Waals surface area contributed by atoms with Crippen molar-refractivity contribution >= 4 is 5.91 Å². The molecule has 0 aromatic carbocycles. The van der Waals surface area contributed by atoms with Crippen LogP contribution in [0, 0.1) is 17.8 Å². The monoisotopic (exact) mass is 236 g/mol. The van der Waals surface area contributed by atoms with Crippen molar-refractivity contribution in [1.82, 2.24) is 4.90 Å². The van der Waals surface area contributed by atoms with Crippen molar-refractivity contribution in [3.8, 4) is 0 Å². The third-order valence-corrected chi connectivity index (χ3v) is 5.22. The van der Waals surface area contributed by atoms with Crippen LogP contribution in [0.5, 0.6) is 0 Å². The Morgan fingerprint density at radius 3 is 2.47 bits per heavy atom. The highest BCUT2D eigenvalue weighted by atomic mass is 16.2. The number of carbonyl (C=O) groups excluding carboxylic acids is 1. The van der Waals surface area contributed by atoms with E-state index in [1.807, 2.05) is 0 Å². The predicted molar refractivity (Wildman–Crippen MR) is 67.3 cm³/mol. The van der Waals surface area contributed by atoms with E-state index in [0.29, 0.717) is 30.3 Å². The zero-order valence-electron chi connectivity index (χ0n) is 10.6. The molecule has 3 aliphatic rings. The van der Waals surface area contributed by atoms with Crippen LogP contribution in [0.25, 0.3) is 0 Å². The van der Waals surface area contributed by atoms with Crippen molar-refractivity contribution in [3.05, 3.63) is 0 Å². The molecule has 3 fully saturated rings. The molecule has 0 heterocycles. The van der Waals surface area contributed by atoms with Crippen molar-refractivity contribution < 1.29 is 4.79 Å². The average molecular weight is 236 g/mol. The lowest BCUT2D eigenvalue weighted by atomic mass is 9.85. The molecule has 17 heavy (non-hydrogen) atoms. The smallest absolute Gasteiger partial charge is 0.226 e. The van der Waals surface area contributed by atoms with Gasteiger partial charge in [-0.3, -0.25) is 4.79 Å². The molecule has 0 radical (unpaired) electrons. The van der Waals surface area contributed by atoms with Crippen LogP contribution in [-0.4, -0.2) is 29.9 Å². The molecule has 0 saturated heterocycles. The molecular formula is C14H24N2O. The van der Waals surface area contributed by atoms with E-state index in [4.69, 9.17) is 5.73 Å². The van der Waals surface area contributed by atoms with Gasteiger partial charge >= 0.3 is 0 Å². The number of nitrogens with two attached hydrogens (primary N) is 1. The van der Waals surface area contributed by atoms with E-state index >= 15 is 0 Å². The molecule has 2 bridgehead atoms. The van der Waals surface area contributed by atoms with Gasteiger partial charge < -0.3 is 10.6 Å². The van der Waals surface area contributed by atoms with Gasteiger partial charge in [0.05, 0.1) is 0 Å². The van der Waals surface area contributed by atoms with Crippen molar-refractivity contribution in [2.24, 2.45) is 23.5 Å². The molecule has 3 aliphatic carbocycles. The third-order valence-electron chi connectivity index (χ3n) is 5.22. The van der Waals surface area contributed by atoms with Crippen LogP contribution in [0.4, 0.5) is 0 Å². The van der Waals surface area contributed by atoms with Crippen molar-refractivity contribution in [2.75, 3.05) is 13.1 Å². The molecule has 0 spiro atoms. The SMILES string of the molecule is NCCN(C(=O)C1CC2CCC1C2)C1CCC1. The van der Waals surface area contributed by atoms with Gasteiger partial charge in [0, 0.05) is 25.0 Å². The summed E-state index contributed by atoms with van der Waals surface area (Å²) in [6, 6.07) is 0.519. The van der Waals surface area contributed by atoms with Gasteiger partial charge in [-0.25, -0.2) is 0 Å². The fraction of sp³-hybridized carbons (Fsp3) is 0.929. The summed E-state index contributed by atoms with van der Waals surface area (Å²) >= 11 is 0. The number of carbonyl (C=O) groups is 1. The summed E-state index contributed by atoms with van der Waals surface area (Å²) < 4.78 is 0. The van der Waals surface area contributed by atoms with Crippen molar-refractivity contribution in [3.63, 3.8) is 0 Å². The minimum atomic E-state index is 0.348. The first kappa shape index (κ1) is 11.5.